The molecule has 0 spiro atoms. The maximum atomic E-state index is 12.9. The van der Waals surface area contributed by atoms with Crippen LogP contribution in [0.15, 0.2) is 101 Å². The highest BCUT2D eigenvalue weighted by molar-refractivity contribution is 7.10. The summed E-state index contributed by atoms with van der Waals surface area (Å²) < 4.78 is 11.0. The molecule has 4 aromatic rings. The zero-order valence-corrected chi connectivity index (χ0v) is 23.0. The molecule has 0 atom stereocenters. The van der Waals surface area contributed by atoms with Crippen molar-refractivity contribution in [2.75, 3.05) is 6.61 Å². The highest BCUT2D eigenvalue weighted by Crippen LogP contribution is 2.29. The van der Waals surface area contributed by atoms with Crippen molar-refractivity contribution in [3.63, 3.8) is 0 Å². The number of benzene rings is 3. The van der Waals surface area contributed by atoms with Gasteiger partial charge >= 0.3 is 5.97 Å². The van der Waals surface area contributed by atoms with Gasteiger partial charge in [-0.3, -0.25) is 19.7 Å². The molecule has 2 N–H and O–H groups in total. The molecule has 4 rings (SSSR count). The molecule has 11 nitrogen and oxygen atoms in total. The van der Waals surface area contributed by atoms with Gasteiger partial charge in [0.1, 0.15) is 5.70 Å². The molecule has 0 aliphatic carbocycles. The number of hydrogen-bond acceptors (Lipinski definition) is 9. The smallest absolute Gasteiger partial charge is 0.343 e. The zero-order valence-electron chi connectivity index (χ0n) is 22.2. The normalized spacial score (nSPS) is 11.1. The maximum absolute atomic E-state index is 12.9. The molecule has 1 aromatic heterocycles. The Balaban J connectivity index is 1.46. The molecular formula is C30H24N4O7S. The molecule has 1 heterocycles. The lowest BCUT2D eigenvalue weighted by Gasteiger charge is -2.11. The molecular weight excluding hydrogens is 560 g/mol. The van der Waals surface area contributed by atoms with Crippen LogP contribution in [0.3, 0.4) is 0 Å². The number of thiophene rings is 1. The Morgan fingerprint density at radius 2 is 1.71 bits per heavy atom. The standard InChI is InChI=1S/C30H24N4O7S/c1-2-40-27-17-20(10-15-26(27)41-30(37)22-11-13-23(14-12-22)34(38)39)19-31-33-29(36)25(18-24-9-6-16-42-24)32-28(35)21-7-4-3-5-8-21/h3-19H,2H2,1H3,(H,32,35)(H,33,36)/b25-18+,31-19-. The summed E-state index contributed by atoms with van der Waals surface area (Å²) in [6, 6.07) is 21.8. The first kappa shape index (κ1) is 29.4. The molecule has 0 bridgehead atoms. The van der Waals surface area contributed by atoms with E-state index in [0.717, 1.165) is 4.88 Å². The van der Waals surface area contributed by atoms with E-state index in [9.17, 15) is 24.5 Å². The van der Waals surface area contributed by atoms with Crippen LogP contribution in [0.2, 0.25) is 0 Å². The Morgan fingerprint density at radius 3 is 2.38 bits per heavy atom. The van der Waals surface area contributed by atoms with Gasteiger partial charge in [0.15, 0.2) is 11.5 Å². The van der Waals surface area contributed by atoms with E-state index in [1.165, 1.54) is 47.9 Å². The quantitative estimate of drug-likeness (QED) is 0.0615. The molecule has 0 fully saturated rings. The van der Waals surface area contributed by atoms with Crippen molar-refractivity contribution in [1.29, 1.82) is 0 Å². The molecule has 212 valence electrons. The van der Waals surface area contributed by atoms with Gasteiger partial charge in [0, 0.05) is 22.6 Å². The highest BCUT2D eigenvalue weighted by atomic mass is 32.1. The number of nitro groups is 1. The van der Waals surface area contributed by atoms with E-state index >= 15 is 0 Å². The van der Waals surface area contributed by atoms with Crippen LogP contribution in [0.5, 0.6) is 11.5 Å². The third kappa shape index (κ3) is 7.96. The van der Waals surface area contributed by atoms with Crippen molar-refractivity contribution in [2.24, 2.45) is 5.10 Å². The van der Waals surface area contributed by atoms with Gasteiger partial charge in [0.2, 0.25) is 0 Å². The number of nitrogens with zero attached hydrogens (tertiary/aromatic N) is 2. The van der Waals surface area contributed by atoms with E-state index < -0.39 is 22.7 Å². The van der Waals surface area contributed by atoms with Gasteiger partial charge in [-0.1, -0.05) is 24.3 Å². The van der Waals surface area contributed by atoms with E-state index in [4.69, 9.17) is 9.47 Å². The summed E-state index contributed by atoms with van der Waals surface area (Å²) in [5, 5.41) is 19.3. The fraction of sp³-hybridized carbons (Fsp3) is 0.0667. The first-order valence-corrected chi connectivity index (χ1v) is 13.4. The summed E-state index contributed by atoms with van der Waals surface area (Å²) in [4.78, 5) is 49.2. The van der Waals surface area contributed by atoms with Crippen molar-refractivity contribution in [3.8, 4) is 11.5 Å². The number of non-ortho nitro benzene ring substituents is 1. The van der Waals surface area contributed by atoms with Crippen LogP contribution < -0.4 is 20.2 Å². The van der Waals surface area contributed by atoms with Crippen LogP contribution in [0, 0.1) is 10.1 Å². The largest absolute Gasteiger partial charge is 0.490 e. The van der Waals surface area contributed by atoms with E-state index in [-0.39, 0.29) is 35.1 Å². The second kappa shape index (κ2) is 14.1. The average Bonchev–Trinajstić information content (AvgIpc) is 3.52. The van der Waals surface area contributed by atoms with Crippen LogP contribution >= 0.6 is 11.3 Å². The van der Waals surface area contributed by atoms with Crippen LogP contribution in [0.4, 0.5) is 5.69 Å². The topological polar surface area (TPSA) is 149 Å². The molecule has 0 radical (unpaired) electrons. The first-order valence-electron chi connectivity index (χ1n) is 12.5. The molecule has 0 saturated carbocycles. The Kier molecular flexibility index (Phi) is 9.89. The van der Waals surface area contributed by atoms with Crippen LogP contribution in [-0.2, 0) is 4.79 Å². The maximum Gasteiger partial charge on any atom is 0.343 e. The Hall–Kier alpha value is -5.62. The van der Waals surface area contributed by atoms with Gasteiger partial charge in [0.25, 0.3) is 17.5 Å². The lowest BCUT2D eigenvalue weighted by Crippen LogP contribution is -2.32. The zero-order chi connectivity index (χ0) is 29.9. The minimum atomic E-state index is -0.720. The molecule has 0 aliphatic rings. The lowest BCUT2D eigenvalue weighted by atomic mass is 10.2. The van der Waals surface area contributed by atoms with Gasteiger partial charge < -0.3 is 14.8 Å². The fourth-order valence-corrected chi connectivity index (χ4v) is 4.18. The summed E-state index contributed by atoms with van der Waals surface area (Å²) in [5.74, 6) is -1.43. The number of hydrogen-bond donors (Lipinski definition) is 2. The minimum absolute atomic E-state index is 0.00645. The van der Waals surface area contributed by atoms with Gasteiger partial charge in [-0.15, -0.1) is 11.3 Å². The Labute approximate surface area is 244 Å². The van der Waals surface area contributed by atoms with Gasteiger partial charge in [-0.2, -0.15) is 5.10 Å². The molecule has 42 heavy (non-hydrogen) atoms. The summed E-state index contributed by atoms with van der Waals surface area (Å²) in [6.45, 7) is 2.03. The lowest BCUT2D eigenvalue weighted by molar-refractivity contribution is -0.384. The monoisotopic (exact) mass is 584 g/mol. The molecule has 2 amide bonds. The van der Waals surface area contributed by atoms with E-state index in [2.05, 4.69) is 15.8 Å². The number of amides is 2. The Bertz CT molecular complexity index is 1630. The number of esters is 1. The van der Waals surface area contributed by atoms with Gasteiger partial charge in [-0.25, -0.2) is 10.2 Å². The third-order valence-corrected chi connectivity index (χ3v) is 6.34. The number of nitrogens with one attached hydrogen (secondary N) is 2. The number of ether oxygens (including phenoxy) is 2. The van der Waals surface area contributed by atoms with Crippen LogP contribution in [-0.4, -0.2) is 35.5 Å². The molecule has 3 aromatic carbocycles. The van der Waals surface area contributed by atoms with Crippen molar-refractivity contribution in [2.45, 2.75) is 6.92 Å². The van der Waals surface area contributed by atoms with Gasteiger partial charge in [0.05, 0.1) is 23.3 Å². The number of carbonyl (C=O) groups excluding carboxylic acids is 3. The van der Waals surface area contributed by atoms with Gasteiger partial charge in [-0.05, 0) is 72.5 Å². The number of hydrazone groups is 1. The predicted molar refractivity (Wildman–Crippen MR) is 158 cm³/mol. The number of rotatable bonds is 11. The van der Waals surface area contributed by atoms with Crippen LogP contribution in [0.25, 0.3) is 6.08 Å². The average molecular weight is 585 g/mol. The number of nitro benzene ring substituents is 1. The summed E-state index contributed by atoms with van der Waals surface area (Å²) >= 11 is 1.40. The van der Waals surface area contributed by atoms with Crippen molar-refractivity contribution in [1.82, 2.24) is 10.7 Å². The Morgan fingerprint density at radius 1 is 0.952 bits per heavy atom. The predicted octanol–water partition coefficient (Wildman–Crippen LogP) is 5.20. The third-order valence-electron chi connectivity index (χ3n) is 5.52. The minimum Gasteiger partial charge on any atom is -0.490 e. The molecule has 0 saturated heterocycles. The van der Waals surface area contributed by atoms with E-state index in [1.54, 1.807) is 61.5 Å². The summed E-state index contributed by atoms with van der Waals surface area (Å²) in [7, 11) is 0. The van der Waals surface area contributed by atoms with Crippen molar-refractivity contribution < 1.29 is 28.8 Å². The van der Waals surface area contributed by atoms with Crippen LogP contribution in [0.1, 0.15) is 38.1 Å². The molecule has 12 heteroatoms. The molecule has 0 aliphatic heterocycles. The first-order chi connectivity index (χ1) is 20.3. The second-order valence-electron chi connectivity index (χ2n) is 8.43. The summed E-state index contributed by atoms with van der Waals surface area (Å²) in [5.41, 5.74) is 3.31. The van der Waals surface area contributed by atoms with Crippen molar-refractivity contribution >= 4 is 47.1 Å². The van der Waals surface area contributed by atoms with Crippen molar-refractivity contribution in [3.05, 3.63) is 128 Å². The number of carbonyl (C=O) groups is 3. The second-order valence-corrected chi connectivity index (χ2v) is 9.40. The summed E-state index contributed by atoms with van der Waals surface area (Å²) in [6.07, 6.45) is 2.92. The van der Waals surface area contributed by atoms with E-state index in [0.29, 0.717) is 11.1 Å². The highest BCUT2D eigenvalue weighted by Gasteiger charge is 2.16. The fourth-order valence-electron chi connectivity index (χ4n) is 3.52. The van der Waals surface area contributed by atoms with E-state index in [1.807, 2.05) is 11.4 Å². The molecule has 0 unspecified atom stereocenters. The SMILES string of the molecule is CCOc1cc(/C=N\NC(=O)/C(=C\c2cccs2)NC(=O)c2ccccc2)ccc1OC(=O)c1ccc([N+](=O)[O-])cc1.